The summed E-state index contributed by atoms with van der Waals surface area (Å²) in [7, 11) is 3.28. The molecule has 3 amide bonds. The number of likely N-dealkylation sites (tertiary alicyclic amines) is 1. The van der Waals surface area contributed by atoms with E-state index in [0.29, 0.717) is 30.3 Å². The van der Waals surface area contributed by atoms with Crippen molar-refractivity contribution in [2.24, 2.45) is 5.92 Å². The Morgan fingerprint density at radius 2 is 1.78 bits per heavy atom. The van der Waals surface area contributed by atoms with Crippen LogP contribution in [0.5, 0.6) is 5.75 Å². The molecule has 0 radical (unpaired) electrons. The van der Waals surface area contributed by atoms with E-state index in [4.69, 9.17) is 4.74 Å². The van der Waals surface area contributed by atoms with Gasteiger partial charge in [-0.2, -0.15) is 0 Å². The minimum Gasteiger partial charge on any atom is -0.497 e. The van der Waals surface area contributed by atoms with Gasteiger partial charge < -0.3 is 9.64 Å². The Bertz CT molecular complexity index is 1270. The van der Waals surface area contributed by atoms with E-state index < -0.39 is 5.41 Å². The van der Waals surface area contributed by atoms with Crippen molar-refractivity contribution in [1.29, 1.82) is 0 Å². The van der Waals surface area contributed by atoms with Gasteiger partial charge in [-0.1, -0.05) is 32.0 Å². The van der Waals surface area contributed by atoms with E-state index in [2.05, 4.69) is 23.8 Å². The minimum atomic E-state index is -1.24. The van der Waals surface area contributed by atoms with Gasteiger partial charge in [0.1, 0.15) is 5.75 Å². The van der Waals surface area contributed by atoms with Crippen molar-refractivity contribution in [1.82, 2.24) is 19.8 Å². The summed E-state index contributed by atoms with van der Waals surface area (Å²) in [5.74, 6) is 0.240. The molecule has 8 heteroatoms. The molecule has 0 bridgehead atoms. The Labute approximate surface area is 211 Å². The van der Waals surface area contributed by atoms with E-state index in [0.717, 1.165) is 23.0 Å². The van der Waals surface area contributed by atoms with Crippen molar-refractivity contribution in [2.45, 2.75) is 45.1 Å². The zero-order valence-corrected chi connectivity index (χ0v) is 21.2. The summed E-state index contributed by atoms with van der Waals surface area (Å²) in [6.45, 7) is 4.82. The summed E-state index contributed by atoms with van der Waals surface area (Å²) < 4.78 is 5.27. The van der Waals surface area contributed by atoms with E-state index in [1.54, 1.807) is 55.7 Å². The van der Waals surface area contributed by atoms with Crippen LogP contribution in [-0.2, 0) is 26.3 Å². The third kappa shape index (κ3) is 5.08. The normalized spacial score (nSPS) is 17.8. The number of hydrogen-bond acceptors (Lipinski definition) is 6. The van der Waals surface area contributed by atoms with Gasteiger partial charge in [0.05, 0.1) is 23.6 Å². The fourth-order valence-corrected chi connectivity index (χ4v) is 4.65. The maximum atomic E-state index is 13.8. The smallest absolute Gasteiger partial charge is 0.240 e. The number of rotatable bonds is 9. The number of methoxy groups -OCH3 is 1. The van der Waals surface area contributed by atoms with Crippen molar-refractivity contribution in [3.8, 4) is 5.75 Å². The summed E-state index contributed by atoms with van der Waals surface area (Å²) in [6, 6.07) is 12.8. The maximum Gasteiger partial charge on any atom is 0.240 e. The quantitative estimate of drug-likeness (QED) is 0.426. The van der Waals surface area contributed by atoms with Crippen LogP contribution in [0.25, 0.3) is 11.0 Å². The minimum absolute atomic E-state index is 0.0264. The topological polar surface area (TPSA) is 92.7 Å². The first-order chi connectivity index (χ1) is 17.2. The number of ether oxygens (including phenoxy) is 1. The second-order valence-electron chi connectivity index (χ2n) is 9.83. The Balaban J connectivity index is 1.59. The van der Waals surface area contributed by atoms with E-state index in [9.17, 15) is 14.4 Å². The van der Waals surface area contributed by atoms with Gasteiger partial charge in [0, 0.05) is 45.4 Å². The van der Waals surface area contributed by atoms with Crippen molar-refractivity contribution in [2.75, 3.05) is 20.7 Å². The molecule has 1 aliphatic rings. The van der Waals surface area contributed by atoms with Gasteiger partial charge in [-0.3, -0.25) is 29.3 Å². The van der Waals surface area contributed by atoms with Gasteiger partial charge in [0.15, 0.2) is 0 Å². The average Bonchev–Trinajstić information content (AvgIpc) is 3.11. The number of hydrogen-bond donors (Lipinski definition) is 0. The first-order valence-electron chi connectivity index (χ1n) is 12.2. The molecular weight excluding hydrogens is 456 g/mol. The molecule has 0 N–H and O–H groups in total. The summed E-state index contributed by atoms with van der Waals surface area (Å²) in [4.78, 5) is 51.8. The van der Waals surface area contributed by atoms with Gasteiger partial charge in [0.2, 0.25) is 17.7 Å². The molecule has 1 saturated heterocycles. The standard InChI is InChI=1S/C28H32N4O4/c1-19(2)11-14-32-26(34)17-28(27(32)35,21-6-8-22(36-4)9-7-21)16-25(33)31(3)18-20-5-10-23-24(15-20)30-13-12-29-23/h5-10,12-13,15,19H,11,14,16-18H2,1-4H3. The van der Waals surface area contributed by atoms with Gasteiger partial charge in [-0.15, -0.1) is 0 Å². The first kappa shape index (κ1) is 25.3. The number of amides is 3. The molecule has 36 heavy (non-hydrogen) atoms. The molecule has 1 aromatic heterocycles. The Morgan fingerprint density at radius 1 is 1.08 bits per heavy atom. The zero-order valence-electron chi connectivity index (χ0n) is 21.2. The molecule has 2 heterocycles. The molecule has 1 unspecified atom stereocenters. The summed E-state index contributed by atoms with van der Waals surface area (Å²) in [5.41, 5.74) is 1.86. The molecular formula is C28H32N4O4. The zero-order chi connectivity index (χ0) is 25.9. The van der Waals surface area contributed by atoms with Gasteiger partial charge >= 0.3 is 0 Å². The van der Waals surface area contributed by atoms with Gasteiger partial charge in [-0.25, -0.2) is 0 Å². The number of aromatic nitrogens is 2. The number of carbonyl (C=O) groups is 3. The Kier molecular flexibility index (Phi) is 7.33. The third-order valence-electron chi connectivity index (χ3n) is 6.81. The predicted octanol–water partition coefficient (Wildman–Crippen LogP) is 3.73. The molecule has 1 aliphatic heterocycles. The van der Waals surface area contributed by atoms with E-state index >= 15 is 0 Å². The molecule has 188 valence electrons. The lowest BCUT2D eigenvalue weighted by Crippen LogP contribution is -2.43. The summed E-state index contributed by atoms with van der Waals surface area (Å²) in [5, 5.41) is 0. The second-order valence-corrected chi connectivity index (χ2v) is 9.83. The maximum absolute atomic E-state index is 13.8. The molecule has 8 nitrogen and oxygen atoms in total. The molecule has 3 aromatic rings. The molecule has 0 spiro atoms. The molecule has 1 atom stereocenters. The summed E-state index contributed by atoms with van der Waals surface area (Å²) >= 11 is 0. The average molecular weight is 489 g/mol. The van der Waals surface area contributed by atoms with Crippen LogP contribution in [0, 0.1) is 5.92 Å². The molecule has 0 saturated carbocycles. The molecule has 1 fully saturated rings. The largest absolute Gasteiger partial charge is 0.497 e. The van der Waals surface area contributed by atoms with Crippen LogP contribution >= 0.6 is 0 Å². The predicted molar refractivity (Wildman–Crippen MR) is 136 cm³/mol. The number of imide groups is 1. The van der Waals surface area contributed by atoms with Crippen LogP contribution in [0.3, 0.4) is 0 Å². The van der Waals surface area contributed by atoms with Crippen molar-refractivity contribution in [3.63, 3.8) is 0 Å². The lowest BCUT2D eigenvalue weighted by Gasteiger charge is -2.29. The van der Waals surface area contributed by atoms with Crippen LogP contribution < -0.4 is 4.74 Å². The van der Waals surface area contributed by atoms with Gasteiger partial charge in [0.25, 0.3) is 0 Å². The third-order valence-corrected chi connectivity index (χ3v) is 6.81. The monoisotopic (exact) mass is 488 g/mol. The SMILES string of the molecule is COc1ccc(C2(CC(=O)N(C)Cc3ccc4nccnc4c3)CC(=O)N(CCC(C)C)C2=O)cc1. The second kappa shape index (κ2) is 10.4. The number of benzene rings is 2. The molecule has 2 aromatic carbocycles. The number of fused-ring (bicyclic) bond motifs is 1. The van der Waals surface area contributed by atoms with Crippen LogP contribution in [0.2, 0.25) is 0 Å². The van der Waals surface area contributed by atoms with Gasteiger partial charge in [-0.05, 0) is 47.7 Å². The lowest BCUT2D eigenvalue weighted by atomic mass is 9.75. The lowest BCUT2D eigenvalue weighted by molar-refractivity contribution is -0.142. The highest BCUT2D eigenvalue weighted by Gasteiger charge is 2.53. The van der Waals surface area contributed by atoms with E-state index in [1.165, 1.54) is 4.90 Å². The van der Waals surface area contributed by atoms with Crippen LogP contribution in [0.4, 0.5) is 0 Å². The molecule has 4 rings (SSSR count). The highest BCUT2D eigenvalue weighted by atomic mass is 16.5. The van der Waals surface area contributed by atoms with Crippen molar-refractivity contribution >= 4 is 28.8 Å². The Morgan fingerprint density at radius 3 is 2.44 bits per heavy atom. The van der Waals surface area contributed by atoms with Crippen molar-refractivity contribution < 1.29 is 19.1 Å². The number of nitrogens with zero attached hydrogens (tertiary/aromatic N) is 4. The number of carbonyl (C=O) groups excluding carboxylic acids is 3. The highest BCUT2D eigenvalue weighted by molar-refractivity contribution is 6.10. The Hall–Kier alpha value is -3.81. The fourth-order valence-electron chi connectivity index (χ4n) is 4.65. The van der Waals surface area contributed by atoms with Crippen LogP contribution in [-0.4, -0.2) is 58.2 Å². The van der Waals surface area contributed by atoms with Crippen LogP contribution in [0.1, 0.15) is 44.2 Å². The van der Waals surface area contributed by atoms with E-state index in [-0.39, 0.29) is 30.6 Å². The van der Waals surface area contributed by atoms with Crippen molar-refractivity contribution in [3.05, 3.63) is 66.0 Å². The first-order valence-corrected chi connectivity index (χ1v) is 12.2. The highest BCUT2D eigenvalue weighted by Crippen LogP contribution is 2.41. The molecule has 0 aliphatic carbocycles. The van der Waals surface area contributed by atoms with E-state index in [1.807, 2.05) is 18.2 Å². The summed E-state index contributed by atoms with van der Waals surface area (Å²) in [6.07, 6.45) is 3.87. The van der Waals surface area contributed by atoms with Crippen LogP contribution in [0.15, 0.2) is 54.9 Å². The fraction of sp³-hybridized carbons (Fsp3) is 0.393.